The van der Waals surface area contributed by atoms with Crippen molar-refractivity contribution in [3.05, 3.63) is 23.8 Å². The highest BCUT2D eigenvalue weighted by molar-refractivity contribution is 6.09. The van der Waals surface area contributed by atoms with Crippen LogP contribution in [-0.2, 0) is 4.79 Å². The average molecular weight is 278 g/mol. The number of ether oxygens (including phenoxy) is 2. The van der Waals surface area contributed by atoms with Crippen LogP contribution >= 0.6 is 0 Å². The highest BCUT2D eigenvalue weighted by Gasteiger charge is 2.16. The monoisotopic (exact) mass is 278 g/mol. The van der Waals surface area contributed by atoms with Crippen molar-refractivity contribution >= 4 is 11.6 Å². The molecule has 0 saturated heterocycles. The van der Waals surface area contributed by atoms with Gasteiger partial charge in [0.2, 0.25) is 0 Å². The van der Waals surface area contributed by atoms with Gasteiger partial charge in [0, 0.05) is 12.5 Å². The summed E-state index contributed by atoms with van der Waals surface area (Å²) in [5.41, 5.74) is 0.444. The molecule has 0 atom stereocenters. The maximum Gasteiger partial charge on any atom is 0.173 e. The molecule has 0 aliphatic carbocycles. The van der Waals surface area contributed by atoms with E-state index in [-0.39, 0.29) is 18.0 Å². The molecule has 0 bridgehead atoms. The van der Waals surface area contributed by atoms with Crippen LogP contribution < -0.4 is 9.47 Å². The Labute approximate surface area is 120 Å². The van der Waals surface area contributed by atoms with Crippen LogP contribution in [0.15, 0.2) is 18.2 Å². The number of benzene rings is 1. The molecule has 110 valence electrons. The van der Waals surface area contributed by atoms with Gasteiger partial charge in [0.15, 0.2) is 5.78 Å². The molecular formula is C16H22O4. The molecule has 0 aliphatic heterocycles. The molecule has 0 unspecified atom stereocenters. The minimum absolute atomic E-state index is 0.0335. The Kier molecular flexibility index (Phi) is 6.77. The first-order valence-electron chi connectivity index (χ1n) is 7.06. The van der Waals surface area contributed by atoms with Crippen LogP contribution in [0.2, 0.25) is 0 Å². The zero-order valence-electron chi connectivity index (χ0n) is 12.4. The summed E-state index contributed by atoms with van der Waals surface area (Å²) in [7, 11) is 0. The number of Topliss-reactive ketones (excluding diaryl/α,β-unsaturated/α-hetero) is 2. The van der Waals surface area contributed by atoms with Crippen molar-refractivity contribution in [2.24, 2.45) is 0 Å². The molecule has 1 aromatic rings. The zero-order chi connectivity index (χ0) is 15.0. The van der Waals surface area contributed by atoms with Crippen molar-refractivity contribution < 1.29 is 19.1 Å². The van der Waals surface area contributed by atoms with E-state index in [1.54, 1.807) is 18.2 Å². The number of hydrogen-bond acceptors (Lipinski definition) is 4. The van der Waals surface area contributed by atoms with Crippen molar-refractivity contribution in [2.75, 3.05) is 13.2 Å². The average Bonchev–Trinajstić information content (AvgIpc) is 2.40. The minimum atomic E-state index is -0.199. The van der Waals surface area contributed by atoms with E-state index in [1.807, 2.05) is 20.8 Å². The molecule has 20 heavy (non-hydrogen) atoms. The van der Waals surface area contributed by atoms with E-state index >= 15 is 0 Å². The fourth-order valence-corrected chi connectivity index (χ4v) is 1.91. The van der Waals surface area contributed by atoms with Crippen molar-refractivity contribution in [2.45, 2.75) is 40.0 Å². The predicted molar refractivity (Wildman–Crippen MR) is 77.6 cm³/mol. The van der Waals surface area contributed by atoms with Crippen LogP contribution in [0.3, 0.4) is 0 Å². The SMILES string of the molecule is CCCC(=O)CC(=O)c1ccc(OCC)cc1OCC. The fraction of sp³-hybridized carbons (Fsp3) is 0.500. The highest BCUT2D eigenvalue weighted by atomic mass is 16.5. The van der Waals surface area contributed by atoms with Gasteiger partial charge in [-0.25, -0.2) is 0 Å². The van der Waals surface area contributed by atoms with Gasteiger partial charge in [0.1, 0.15) is 17.3 Å². The molecule has 0 saturated carbocycles. The summed E-state index contributed by atoms with van der Waals surface area (Å²) < 4.78 is 10.9. The molecule has 4 heteroatoms. The zero-order valence-corrected chi connectivity index (χ0v) is 12.4. The number of carbonyl (C=O) groups is 2. The number of rotatable bonds is 9. The van der Waals surface area contributed by atoms with Gasteiger partial charge in [-0.05, 0) is 32.4 Å². The lowest BCUT2D eigenvalue weighted by molar-refractivity contribution is -0.118. The van der Waals surface area contributed by atoms with E-state index in [0.717, 1.165) is 6.42 Å². The second-order valence-electron chi connectivity index (χ2n) is 4.41. The first kappa shape index (κ1) is 16.2. The molecule has 1 aromatic carbocycles. The van der Waals surface area contributed by atoms with Crippen molar-refractivity contribution in [1.29, 1.82) is 0 Å². The van der Waals surface area contributed by atoms with Crippen LogP contribution in [0.4, 0.5) is 0 Å². The molecular weight excluding hydrogens is 256 g/mol. The summed E-state index contributed by atoms with van der Waals surface area (Å²) in [5.74, 6) is 0.906. The molecule has 0 aliphatic rings. The Hall–Kier alpha value is -1.84. The Balaban J connectivity index is 2.91. The van der Waals surface area contributed by atoms with Crippen molar-refractivity contribution in [3.63, 3.8) is 0 Å². The molecule has 0 fully saturated rings. The van der Waals surface area contributed by atoms with Gasteiger partial charge in [-0.3, -0.25) is 9.59 Å². The lowest BCUT2D eigenvalue weighted by atomic mass is 10.0. The minimum Gasteiger partial charge on any atom is -0.494 e. The van der Waals surface area contributed by atoms with Gasteiger partial charge in [-0.1, -0.05) is 6.92 Å². The van der Waals surface area contributed by atoms with Gasteiger partial charge >= 0.3 is 0 Å². The lowest BCUT2D eigenvalue weighted by Crippen LogP contribution is -2.10. The van der Waals surface area contributed by atoms with Crippen LogP contribution in [0.1, 0.15) is 50.4 Å². The predicted octanol–water partition coefficient (Wildman–Crippen LogP) is 3.43. The summed E-state index contributed by atoms with van der Waals surface area (Å²) in [6.45, 7) is 6.67. The Bertz CT molecular complexity index is 466. The van der Waals surface area contributed by atoms with Crippen LogP contribution in [0, 0.1) is 0 Å². The van der Waals surface area contributed by atoms with Gasteiger partial charge in [-0.2, -0.15) is 0 Å². The van der Waals surface area contributed by atoms with Gasteiger partial charge in [-0.15, -0.1) is 0 Å². The summed E-state index contributed by atoms with van der Waals surface area (Å²) in [6, 6.07) is 5.09. The molecule has 1 rings (SSSR count). The smallest absolute Gasteiger partial charge is 0.173 e. The van der Waals surface area contributed by atoms with Crippen molar-refractivity contribution in [1.82, 2.24) is 0 Å². The van der Waals surface area contributed by atoms with E-state index in [9.17, 15) is 9.59 Å². The summed E-state index contributed by atoms with van der Waals surface area (Å²) in [6.07, 6.45) is 1.13. The topological polar surface area (TPSA) is 52.6 Å². The maximum atomic E-state index is 12.2. The normalized spacial score (nSPS) is 10.2. The third-order valence-electron chi connectivity index (χ3n) is 2.75. The van der Waals surface area contributed by atoms with Crippen LogP contribution in [-0.4, -0.2) is 24.8 Å². The van der Waals surface area contributed by atoms with Crippen LogP contribution in [0.25, 0.3) is 0 Å². The van der Waals surface area contributed by atoms with Gasteiger partial charge in [0.25, 0.3) is 0 Å². The molecule has 0 spiro atoms. The quantitative estimate of drug-likeness (QED) is 0.513. The Morgan fingerprint density at radius 3 is 2.35 bits per heavy atom. The summed E-state index contributed by atoms with van der Waals surface area (Å²) >= 11 is 0. The van der Waals surface area contributed by atoms with E-state index in [0.29, 0.717) is 36.7 Å². The molecule has 0 heterocycles. The first-order chi connectivity index (χ1) is 9.62. The van der Waals surface area contributed by atoms with E-state index in [4.69, 9.17) is 9.47 Å². The summed E-state index contributed by atoms with van der Waals surface area (Å²) in [4.78, 5) is 23.7. The molecule has 4 nitrogen and oxygen atoms in total. The molecule has 0 amide bonds. The molecule has 0 N–H and O–H groups in total. The Morgan fingerprint density at radius 2 is 1.75 bits per heavy atom. The van der Waals surface area contributed by atoms with E-state index < -0.39 is 0 Å². The Morgan fingerprint density at radius 1 is 1.05 bits per heavy atom. The number of hydrogen-bond donors (Lipinski definition) is 0. The van der Waals surface area contributed by atoms with Gasteiger partial charge < -0.3 is 9.47 Å². The number of carbonyl (C=O) groups excluding carboxylic acids is 2. The molecule has 0 radical (unpaired) electrons. The van der Waals surface area contributed by atoms with E-state index in [1.165, 1.54) is 0 Å². The third kappa shape index (κ3) is 4.68. The first-order valence-corrected chi connectivity index (χ1v) is 7.06. The standard InChI is InChI=1S/C16H22O4/c1-4-7-12(17)10-15(18)14-9-8-13(19-5-2)11-16(14)20-6-3/h8-9,11H,4-7,10H2,1-3H3. The molecule has 0 aromatic heterocycles. The highest BCUT2D eigenvalue weighted by Crippen LogP contribution is 2.26. The van der Waals surface area contributed by atoms with Crippen LogP contribution in [0.5, 0.6) is 11.5 Å². The summed E-state index contributed by atoms with van der Waals surface area (Å²) in [5, 5.41) is 0. The maximum absolute atomic E-state index is 12.2. The second-order valence-corrected chi connectivity index (χ2v) is 4.41. The fourth-order valence-electron chi connectivity index (χ4n) is 1.91. The van der Waals surface area contributed by atoms with Crippen molar-refractivity contribution in [3.8, 4) is 11.5 Å². The lowest BCUT2D eigenvalue weighted by Gasteiger charge is -2.11. The largest absolute Gasteiger partial charge is 0.494 e. The van der Waals surface area contributed by atoms with Gasteiger partial charge in [0.05, 0.1) is 25.2 Å². The van der Waals surface area contributed by atoms with E-state index in [2.05, 4.69) is 0 Å². The number of ketones is 2. The second kappa shape index (κ2) is 8.35. The third-order valence-corrected chi connectivity index (χ3v) is 2.75.